The Labute approximate surface area is 125 Å². The van der Waals surface area contributed by atoms with Crippen molar-refractivity contribution in [2.45, 2.75) is 24.8 Å². The minimum atomic E-state index is -3.38. The van der Waals surface area contributed by atoms with Crippen LogP contribution in [0.1, 0.15) is 16.2 Å². The molecule has 7 heteroatoms. The van der Waals surface area contributed by atoms with Crippen molar-refractivity contribution in [3.05, 3.63) is 15.8 Å². The van der Waals surface area contributed by atoms with Crippen LogP contribution >= 0.6 is 11.3 Å². The van der Waals surface area contributed by atoms with Gasteiger partial charge in [-0.2, -0.15) is 0 Å². The Morgan fingerprint density at radius 2 is 2.25 bits per heavy atom. The minimum absolute atomic E-state index is 0.422. The van der Waals surface area contributed by atoms with E-state index in [1.54, 1.807) is 6.07 Å². The summed E-state index contributed by atoms with van der Waals surface area (Å²) in [4.78, 5) is 4.57. The molecule has 1 aliphatic rings. The number of likely N-dealkylation sites (tertiary alicyclic amines) is 1. The second kappa shape index (κ2) is 6.53. The van der Waals surface area contributed by atoms with E-state index in [1.807, 2.05) is 14.0 Å². The summed E-state index contributed by atoms with van der Waals surface area (Å²) in [5.74, 6) is 0.422. The first-order valence-corrected chi connectivity index (χ1v) is 9.14. The summed E-state index contributed by atoms with van der Waals surface area (Å²) < 4.78 is 27.5. The molecule has 20 heavy (non-hydrogen) atoms. The van der Waals surface area contributed by atoms with Crippen molar-refractivity contribution in [3.63, 3.8) is 0 Å². The monoisotopic (exact) mass is 317 g/mol. The van der Waals surface area contributed by atoms with Crippen LogP contribution in [0.2, 0.25) is 0 Å². The number of nitrogens with zero attached hydrogens (tertiary/aromatic N) is 1. The number of thiophene rings is 1. The average Bonchev–Trinajstić information content (AvgIpc) is 2.94. The highest BCUT2D eigenvalue weighted by Crippen LogP contribution is 2.26. The molecule has 2 heterocycles. The van der Waals surface area contributed by atoms with Crippen LogP contribution in [-0.2, 0) is 16.6 Å². The van der Waals surface area contributed by atoms with Gasteiger partial charge in [0.25, 0.3) is 0 Å². The topological polar surface area (TPSA) is 61.4 Å². The molecule has 2 rings (SSSR count). The average molecular weight is 317 g/mol. The fourth-order valence-electron chi connectivity index (χ4n) is 2.55. The van der Waals surface area contributed by atoms with Crippen molar-refractivity contribution in [2.24, 2.45) is 5.92 Å². The fourth-order valence-corrected chi connectivity index (χ4v) is 5.31. The van der Waals surface area contributed by atoms with E-state index in [1.165, 1.54) is 11.3 Å². The minimum Gasteiger partial charge on any atom is -0.315 e. The molecule has 114 valence electrons. The van der Waals surface area contributed by atoms with Gasteiger partial charge in [0.1, 0.15) is 0 Å². The third-order valence-corrected chi connectivity index (χ3v) is 6.34. The first-order valence-electron chi connectivity index (χ1n) is 6.84. The van der Waals surface area contributed by atoms with Gasteiger partial charge in [0.05, 0.1) is 4.90 Å². The first-order chi connectivity index (χ1) is 9.42. The van der Waals surface area contributed by atoms with Gasteiger partial charge in [-0.05, 0) is 46.0 Å². The number of aryl methyl sites for hydroxylation is 1. The molecule has 1 fully saturated rings. The molecule has 1 saturated heterocycles. The van der Waals surface area contributed by atoms with Crippen LogP contribution in [0.25, 0.3) is 0 Å². The van der Waals surface area contributed by atoms with Crippen LogP contribution in [0, 0.1) is 12.8 Å². The van der Waals surface area contributed by atoms with E-state index < -0.39 is 10.0 Å². The SMILES string of the molecule is CNCc1cc(S(=O)(=O)NCC2CCN(C)C2)c(C)s1. The highest BCUT2D eigenvalue weighted by atomic mass is 32.2. The smallest absolute Gasteiger partial charge is 0.241 e. The summed E-state index contributed by atoms with van der Waals surface area (Å²) in [6.07, 6.45) is 1.06. The molecule has 1 aromatic rings. The second-order valence-electron chi connectivity index (χ2n) is 5.43. The van der Waals surface area contributed by atoms with Crippen molar-refractivity contribution in [2.75, 3.05) is 33.7 Å². The van der Waals surface area contributed by atoms with Crippen molar-refractivity contribution >= 4 is 21.4 Å². The van der Waals surface area contributed by atoms with Crippen LogP contribution in [0.5, 0.6) is 0 Å². The Morgan fingerprint density at radius 3 is 2.85 bits per heavy atom. The molecule has 1 aliphatic heterocycles. The van der Waals surface area contributed by atoms with E-state index >= 15 is 0 Å². The quantitative estimate of drug-likeness (QED) is 0.822. The molecular formula is C13H23N3O2S2. The highest BCUT2D eigenvalue weighted by Gasteiger charge is 2.24. The molecule has 0 amide bonds. The van der Waals surface area contributed by atoms with Gasteiger partial charge >= 0.3 is 0 Å². The molecule has 0 aromatic carbocycles. The predicted molar refractivity (Wildman–Crippen MR) is 82.6 cm³/mol. The molecule has 0 bridgehead atoms. The summed E-state index contributed by atoms with van der Waals surface area (Å²) in [5.41, 5.74) is 0. The molecule has 0 aliphatic carbocycles. The van der Waals surface area contributed by atoms with Gasteiger partial charge in [-0.1, -0.05) is 0 Å². The summed E-state index contributed by atoms with van der Waals surface area (Å²) in [7, 11) is 0.551. The Morgan fingerprint density at radius 1 is 1.50 bits per heavy atom. The maximum Gasteiger partial charge on any atom is 0.241 e. The largest absolute Gasteiger partial charge is 0.315 e. The number of nitrogens with one attached hydrogen (secondary N) is 2. The molecule has 2 N–H and O–H groups in total. The lowest BCUT2D eigenvalue weighted by Crippen LogP contribution is -2.30. The van der Waals surface area contributed by atoms with Gasteiger partial charge in [-0.3, -0.25) is 0 Å². The first kappa shape index (κ1) is 15.9. The van der Waals surface area contributed by atoms with Gasteiger partial charge in [0.2, 0.25) is 10.0 Å². The Bertz CT molecular complexity index is 554. The van der Waals surface area contributed by atoms with Gasteiger partial charge in [0, 0.05) is 29.4 Å². The molecule has 1 atom stereocenters. The summed E-state index contributed by atoms with van der Waals surface area (Å²) in [5, 5.41) is 3.05. The van der Waals surface area contributed by atoms with Gasteiger partial charge < -0.3 is 10.2 Å². The standard InChI is InChI=1S/C13H23N3O2S2/c1-10-13(6-12(19-10)8-14-2)20(17,18)15-7-11-4-5-16(3)9-11/h6,11,14-15H,4-5,7-9H2,1-3H3. The van der Waals surface area contributed by atoms with E-state index in [0.717, 1.165) is 29.3 Å². The van der Waals surface area contributed by atoms with E-state index in [0.29, 0.717) is 23.9 Å². The zero-order valence-electron chi connectivity index (χ0n) is 12.3. The summed E-state index contributed by atoms with van der Waals surface area (Å²) in [6.45, 7) is 5.12. The van der Waals surface area contributed by atoms with Gasteiger partial charge in [-0.15, -0.1) is 11.3 Å². The van der Waals surface area contributed by atoms with Crippen LogP contribution in [0.15, 0.2) is 11.0 Å². The highest BCUT2D eigenvalue weighted by molar-refractivity contribution is 7.89. The van der Waals surface area contributed by atoms with Gasteiger partial charge in [0.15, 0.2) is 0 Å². The second-order valence-corrected chi connectivity index (χ2v) is 8.51. The van der Waals surface area contributed by atoms with E-state index in [-0.39, 0.29) is 0 Å². The van der Waals surface area contributed by atoms with Crippen molar-refractivity contribution in [1.29, 1.82) is 0 Å². The van der Waals surface area contributed by atoms with E-state index in [9.17, 15) is 8.42 Å². The molecular weight excluding hydrogens is 294 g/mol. The van der Waals surface area contributed by atoms with Crippen molar-refractivity contribution < 1.29 is 8.42 Å². The fraction of sp³-hybridized carbons (Fsp3) is 0.692. The summed E-state index contributed by atoms with van der Waals surface area (Å²) in [6, 6.07) is 1.78. The van der Waals surface area contributed by atoms with Crippen LogP contribution in [0.3, 0.4) is 0 Å². The van der Waals surface area contributed by atoms with Crippen LogP contribution in [-0.4, -0.2) is 47.0 Å². The molecule has 0 spiro atoms. The lowest BCUT2D eigenvalue weighted by molar-refractivity contribution is 0.394. The molecule has 5 nitrogen and oxygen atoms in total. The van der Waals surface area contributed by atoms with Crippen LogP contribution in [0.4, 0.5) is 0 Å². The number of rotatable bonds is 6. The van der Waals surface area contributed by atoms with E-state index in [4.69, 9.17) is 0 Å². The lowest BCUT2D eigenvalue weighted by Gasteiger charge is -2.12. The third kappa shape index (κ3) is 3.79. The van der Waals surface area contributed by atoms with Crippen molar-refractivity contribution in [3.8, 4) is 0 Å². The number of hydrogen-bond acceptors (Lipinski definition) is 5. The molecule has 1 unspecified atom stereocenters. The lowest BCUT2D eigenvalue weighted by atomic mass is 10.1. The maximum atomic E-state index is 12.4. The number of hydrogen-bond donors (Lipinski definition) is 2. The zero-order chi connectivity index (χ0) is 14.8. The Balaban J connectivity index is 2.02. The zero-order valence-corrected chi connectivity index (χ0v) is 13.9. The third-order valence-electron chi connectivity index (χ3n) is 3.61. The Kier molecular flexibility index (Phi) is 5.19. The summed E-state index contributed by atoms with van der Waals surface area (Å²) >= 11 is 1.53. The molecule has 0 saturated carbocycles. The van der Waals surface area contributed by atoms with Gasteiger partial charge in [-0.25, -0.2) is 13.1 Å². The van der Waals surface area contributed by atoms with Crippen LogP contribution < -0.4 is 10.0 Å². The molecule has 1 aromatic heterocycles. The normalized spacial score (nSPS) is 20.6. The predicted octanol–water partition coefficient (Wildman–Crippen LogP) is 1.01. The van der Waals surface area contributed by atoms with E-state index in [2.05, 4.69) is 22.0 Å². The Hall–Kier alpha value is -0.470. The molecule has 0 radical (unpaired) electrons. The van der Waals surface area contributed by atoms with Crippen molar-refractivity contribution in [1.82, 2.24) is 14.9 Å². The maximum absolute atomic E-state index is 12.4. The number of sulfonamides is 1.